The van der Waals surface area contributed by atoms with E-state index in [0.29, 0.717) is 35.0 Å². The van der Waals surface area contributed by atoms with Gasteiger partial charge in [0, 0.05) is 67.7 Å². The Balaban J connectivity index is 1.65. The van der Waals surface area contributed by atoms with Crippen LogP contribution in [0.3, 0.4) is 0 Å². The van der Waals surface area contributed by atoms with E-state index in [4.69, 9.17) is 10.7 Å². The molecule has 6 rings (SSSR count). The summed E-state index contributed by atoms with van der Waals surface area (Å²) in [6, 6.07) is 14.1. The van der Waals surface area contributed by atoms with Crippen LogP contribution in [0.15, 0.2) is 47.3 Å². The van der Waals surface area contributed by atoms with E-state index in [9.17, 15) is 9.90 Å². The Morgan fingerprint density at radius 2 is 1.88 bits per heavy atom. The maximum atomic E-state index is 13.8. The summed E-state index contributed by atoms with van der Waals surface area (Å²) < 4.78 is 1.71. The highest BCUT2D eigenvalue weighted by Gasteiger charge is 2.29. The van der Waals surface area contributed by atoms with Gasteiger partial charge in [-0.25, -0.2) is 4.98 Å². The standard InChI is InChI=1S/C26H33N5O2/c1-26(2,17-32)16-31-24(18-4-3-5-19(27)14-18)28-23-7-6-21(15-22(23)25(31)33)30-13-12-29-10-8-20(30)9-11-29/h3-7,14-15,20,32H,8-13,16-17,27H2,1-2H3. The number of benzene rings is 2. The number of nitrogens with zero attached hydrogens (tertiary/aromatic N) is 4. The molecule has 2 bridgehead atoms. The van der Waals surface area contributed by atoms with Gasteiger partial charge in [-0.1, -0.05) is 26.0 Å². The molecule has 3 saturated heterocycles. The van der Waals surface area contributed by atoms with E-state index < -0.39 is 5.41 Å². The Morgan fingerprint density at radius 1 is 1.09 bits per heavy atom. The molecule has 3 aliphatic rings. The van der Waals surface area contributed by atoms with Crippen molar-refractivity contribution in [3.8, 4) is 11.4 Å². The maximum Gasteiger partial charge on any atom is 0.261 e. The number of rotatable bonds is 5. The molecule has 0 amide bonds. The molecule has 33 heavy (non-hydrogen) atoms. The predicted octanol–water partition coefficient (Wildman–Crippen LogP) is 2.95. The zero-order chi connectivity index (χ0) is 23.2. The number of piperidine rings is 1. The van der Waals surface area contributed by atoms with Crippen LogP contribution in [0.25, 0.3) is 22.3 Å². The second-order valence-corrected chi connectivity index (χ2v) is 10.2. The van der Waals surface area contributed by atoms with Crippen molar-refractivity contribution in [1.29, 1.82) is 0 Å². The number of hydrogen-bond donors (Lipinski definition) is 2. The number of anilines is 2. The zero-order valence-corrected chi connectivity index (χ0v) is 19.5. The van der Waals surface area contributed by atoms with Crippen LogP contribution >= 0.6 is 0 Å². The van der Waals surface area contributed by atoms with E-state index in [1.807, 2.05) is 50.2 Å². The quantitative estimate of drug-likeness (QED) is 0.585. The number of aromatic nitrogens is 2. The second kappa shape index (κ2) is 8.47. The van der Waals surface area contributed by atoms with E-state index in [0.717, 1.165) is 37.4 Å². The third-order valence-electron chi connectivity index (χ3n) is 7.08. The van der Waals surface area contributed by atoms with E-state index in [2.05, 4.69) is 15.9 Å². The van der Waals surface area contributed by atoms with Crippen LogP contribution in [-0.2, 0) is 6.54 Å². The SMILES string of the molecule is CC(C)(CO)Cn1c(-c2cccc(N)c2)nc2ccc(N3CCN4CCC3CC4)cc2c1=O. The Kier molecular flexibility index (Phi) is 5.62. The highest BCUT2D eigenvalue weighted by Crippen LogP contribution is 2.30. The molecule has 3 aliphatic heterocycles. The van der Waals surface area contributed by atoms with Gasteiger partial charge in [-0.2, -0.15) is 0 Å². The Bertz CT molecular complexity index is 1230. The topological polar surface area (TPSA) is 87.6 Å². The Hall–Kier alpha value is -2.90. The van der Waals surface area contributed by atoms with Crippen LogP contribution < -0.4 is 16.2 Å². The molecule has 0 unspecified atom stereocenters. The molecule has 3 fully saturated rings. The monoisotopic (exact) mass is 447 g/mol. The first-order valence-electron chi connectivity index (χ1n) is 11.8. The molecule has 0 spiro atoms. The van der Waals surface area contributed by atoms with Crippen molar-refractivity contribution in [2.45, 2.75) is 39.3 Å². The van der Waals surface area contributed by atoms with E-state index >= 15 is 0 Å². The fourth-order valence-electron chi connectivity index (χ4n) is 5.14. The maximum absolute atomic E-state index is 13.8. The van der Waals surface area contributed by atoms with Gasteiger partial charge in [0.15, 0.2) is 0 Å². The molecule has 4 heterocycles. The summed E-state index contributed by atoms with van der Waals surface area (Å²) in [6.07, 6.45) is 2.33. The average Bonchev–Trinajstić information content (AvgIpc) is 3.14. The van der Waals surface area contributed by atoms with Crippen molar-refractivity contribution in [3.63, 3.8) is 0 Å². The predicted molar refractivity (Wildman–Crippen MR) is 134 cm³/mol. The van der Waals surface area contributed by atoms with Crippen LogP contribution in [0.1, 0.15) is 26.7 Å². The average molecular weight is 448 g/mol. The summed E-state index contributed by atoms with van der Waals surface area (Å²) in [7, 11) is 0. The third-order valence-corrected chi connectivity index (χ3v) is 7.08. The normalized spacial score (nSPS) is 20.9. The van der Waals surface area contributed by atoms with Crippen LogP contribution in [0, 0.1) is 5.41 Å². The largest absolute Gasteiger partial charge is 0.399 e. The molecule has 0 atom stereocenters. The fraction of sp³-hybridized carbons (Fsp3) is 0.462. The minimum Gasteiger partial charge on any atom is -0.399 e. The van der Waals surface area contributed by atoms with Crippen LogP contribution in [0.2, 0.25) is 0 Å². The van der Waals surface area contributed by atoms with Gasteiger partial charge in [0.05, 0.1) is 10.9 Å². The highest BCUT2D eigenvalue weighted by molar-refractivity contribution is 5.84. The van der Waals surface area contributed by atoms with Crippen molar-refractivity contribution in [3.05, 3.63) is 52.8 Å². The second-order valence-electron chi connectivity index (χ2n) is 10.2. The Morgan fingerprint density at radius 3 is 2.61 bits per heavy atom. The lowest BCUT2D eigenvalue weighted by atomic mass is 9.94. The van der Waals surface area contributed by atoms with Crippen molar-refractivity contribution in [1.82, 2.24) is 14.5 Å². The van der Waals surface area contributed by atoms with Gasteiger partial charge >= 0.3 is 0 Å². The number of aliphatic hydroxyl groups is 1. The van der Waals surface area contributed by atoms with E-state index in [-0.39, 0.29) is 12.2 Å². The lowest BCUT2D eigenvalue weighted by molar-refractivity contribution is 0.140. The molecule has 7 nitrogen and oxygen atoms in total. The van der Waals surface area contributed by atoms with Crippen LogP contribution in [0.4, 0.5) is 11.4 Å². The van der Waals surface area contributed by atoms with Crippen molar-refractivity contribution >= 4 is 22.3 Å². The highest BCUT2D eigenvalue weighted by atomic mass is 16.3. The van der Waals surface area contributed by atoms with Gasteiger partial charge in [0.25, 0.3) is 5.56 Å². The van der Waals surface area contributed by atoms with Gasteiger partial charge in [-0.05, 0) is 43.2 Å². The molecule has 0 saturated carbocycles. The lowest BCUT2D eigenvalue weighted by Gasteiger charge is -2.33. The minimum absolute atomic E-state index is 0.0279. The van der Waals surface area contributed by atoms with Crippen molar-refractivity contribution in [2.75, 3.05) is 43.4 Å². The molecule has 3 aromatic rings. The van der Waals surface area contributed by atoms with Crippen molar-refractivity contribution in [2.24, 2.45) is 5.41 Å². The fourth-order valence-corrected chi connectivity index (χ4v) is 5.14. The Labute approximate surface area is 194 Å². The molecule has 1 aromatic heterocycles. The molecule has 2 aromatic carbocycles. The molecule has 174 valence electrons. The number of nitrogens with two attached hydrogens (primary N) is 1. The van der Waals surface area contributed by atoms with E-state index in [1.165, 1.54) is 12.8 Å². The smallest absolute Gasteiger partial charge is 0.261 e. The van der Waals surface area contributed by atoms with Gasteiger partial charge in [-0.3, -0.25) is 9.36 Å². The molecule has 7 heteroatoms. The van der Waals surface area contributed by atoms with Crippen molar-refractivity contribution < 1.29 is 5.11 Å². The van der Waals surface area contributed by atoms with Crippen LogP contribution in [-0.4, -0.2) is 58.4 Å². The summed E-state index contributed by atoms with van der Waals surface area (Å²) >= 11 is 0. The lowest BCUT2D eigenvalue weighted by Crippen LogP contribution is -2.38. The first-order chi connectivity index (χ1) is 15.8. The van der Waals surface area contributed by atoms with Gasteiger partial charge in [0.2, 0.25) is 0 Å². The first kappa shape index (κ1) is 21.9. The van der Waals surface area contributed by atoms with Gasteiger partial charge in [0.1, 0.15) is 5.82 Å². The van der Waals surface area contributed by atoms with Crippen LogP contribution in [0.5, 0.6) is 0 Å². The third kappa shape index (κ3) is 4.23. The van der Waals surface area contributed by atoms with E-state index in [1.54, 1.807) is 4.57 Å². The number of fused-ring (bicyclic) bond motifs is 5. The number of hydrogen-bond acceptors (Lipinski definition) is 6. The zero-order valence-electron chi connectivity index (χ0n) is 19.5. The molecular formula is C26H33N5O2. The molecule has 0 radical (unpaired) electrons. The van der Waals surface area contributed by atoms with Gasteiger partial charge in [-0.15, -0.1) is 0 Å². The summed E-state index contributed by atoms with van der Waals surface area (Å²) in [4.78, 5) is 23.8. The van der Waals surface area contributed by atoms with Gasteiger partial charge < -0.3 is 20.6 Å². The number of aliphatic hydroxyl groups excluding tert-OH is 1. The summed E-state index contributed by atoms with van der Waals surface area (Å²) in [5, 5.41) is 10.5. The minimum atomic E-state index is -0.468. The summed E-state index contributed by atoms with van der Waals surface area (Å²) in [6.45, 7) is 8.60. The summed E-state index contributed by atoms with van der Waals surface area (Å²) in [5.41, 5.74) is 8.68. The first-order valence-corrected chi connectivity index (χ1v) is 11.8. The molecule has 0 aliphatic carbocycles. The molecule has 3 N–H and O–H groups in total. The summed E-state index contributed by atoms with van der Waals surface area (Å²) in [5.74, 6) is 0.579. The number of nitrogen functional groups attached to an aromatic ring is 1. The molecular weight excluding hydrogens is 414 g/mol.